The lowest BCUT2D eigenvalue weighted by Crippen LogP contribution is -2.20. The molecule has 0 radical (unpaired) electrons. The third-order valence-corrected chi connectivity index (χ3v) is 4.74. The summed E-state index contributed by atoms with van der Waals surface area (Å²) in [5.74, 6) is 1.45. The molecule has 0 unspecified atom stereocenters. The average molecular weight is 275 g/mol. The number of hydrogen-bond acceptors (Lipinski definition) is 3. The van der Waals surface area contributed by atoms with Crippen LogP contribution in [-0.4, -0.2) is 11.5 Å². The van der Waals surface area contributed by atoms with Crippen LogP contribution in [0.1, 0.15) is 36.6 Å². The predicted molar refractivity (Wildman–Crippen MR) is 63.6 cm³/mol. The molecule has 78 valence electrons. The van der Waals surface area contributed by atoms with Gasteiger partial charge in [-0.25, -0.2) is 4.98 Å². The number of halogens is 1. The van der Waals surface area contributed by atoms with E-state index in [9.17, 15) is 0 Å². The third-order valence-electron chi connectivity index (χ3n) is 3.02. The van der Waals surface area contributed by atoms with Crippen molar-refractivity contribution >= 4 is 27.3 Å². The molecule has 1 heterocycles. The quantitative estimate of drug-likeness (QED) is 0.900. The summed E-state index contributed by atoms with van der Waals surface area (Å²) in [5, 5.41) is 3.37. The molecule has 14 heavy (non-hydrogen) atoms. The third kappa shape index (κ3) is 2.35. The average Bonchev–Trinajstić information content (AvgIpc) is 2.65. The van der Waals surface area contributed by atoms with Crippen molar-refractivity contribution in [2.45, 2.75) is 31.6 Å². The number of thiazole rings is 1. The molecule has 1 aromatic rings. The fraction of sp³-hybridized carbons (Fsp3) is 0.700. The van der Waals surface area contributed by atoms with Gasteiger partial charge in [0.2, 0.25) is 0 Å². The van der Waals surface area contributed by atoms with E-state index in [0.29, 0.717) is 5.92 Å². The van der Waals surface area contributed by atoms with Gasteiger partial charge in [0, 0.05) is 11.3 Å². The second kappa shape index (κ2) is 4.73. The van der Waals surface area contributed by atoms with E-state index >= 15 is 0 Å². The van der Waals surface area contributed by atoms with Crippen LogP contribution in [-0.2, 0) is 0 Å². The molecule has 0 atom stereocenters. The first-order chi connectivity index (χ1) is 6.79. The first-order valence-corrected chi connectivity index (χ1v) is 6.78. The molecule has 4 heteroatoms. The summed E-state index contributed by atoms with van der Waals surface area (Å²) in [6.45, 7) is 0.855. The van der Waals surface area contributed by atoms with Gasteiger partial charge in [-0.3, -0.25) is 0 Å². The van der Waals surface area contributed by atoms with E-state index in [-0.39, 0.29) is 0 Å². The van der Waals surface area contributed by atoms with E-state index in [1.807, 2.05) is 0 Å². The van der Waals surface area contributed by atoms with Gasteiger partial charge in [-0.2, -0.15) is 0 Å². The Morgan fingerprint density at radius 1 is 1.43 bits per heavy atom. The minimum absolute atomic E-state index is 0.689. The van der Waals surface area contributed by atoms with Crippen molar-refractivity contribution in [2.75, 3.05) is 6.54 Å². The first-order valence-electron chi connectivity index (χ1n) is 5.10. The summed E-state index contributed by atoms with van der Waals surface area (Å²) in [4.78, 5) is 4.49. The number of nitrogens with zero attached hydrogens (tertiary/aromatic N) is 1. The molecule has 0 aromatic carbocycles. The Morgan fingerprint density at radius 3 is 2.64 bits per heavy atom. The van der Waals surface area contributed by atoms with Crippen molar-refractivity contribution in [3.63, 3.8) is 0 Å². The summed E-state index contributed by atoms with van der Waals surface area (Å²) < 4.78 is 0.985. The van der Waals surface area contributed by atoms with Gasteiger partial charge < -0.3 is 5.73 Å². The normalized spacial score (nSPS) is 27.9. The lowest BCUT2D eigenvalue weighted by Gasteiger charge is -2.26. The Balaban J connectivity index is 1.95. The molecular formula is C10H15BrN2S. The van der Waals surface area contributed by atoms with E-state index in [4.69, 9.17) is 5.73 Å². The van der Waals surface area contributed by atoms with E-state index in [1.54, 1.807) is 11.3 Å². The fourth-order valence-electron chi connectivity index (χ4n) is 2.10. The van der Waals surface area contributed by atoms with Crippen LogP contribution >= 0.6 is 27.3 Å². The van der Waals surface area contributed by atoms with Gasteiger partial charge in [-0.15, -0.1) is 11.3 Å². The maximum absolute atomic E-state index is 5.67. The van der Waals surface area contributed by atoms with Crippen LogP contribution in [0.25, 0.3) is 0 Å². The summed E-state index contributed by atoms with van der Waals surface area (Å²) in [6, 6.07) is 0. The van der Waals surface area contributed by atoms with Crippen LogP contribution < -0.4 is 5.73 Å². The van der Waals surface area contributed by atoms with E-state index in [2.05, 4.69) is 26.3 Å². The molecule has 0 amide bonds. The number of nitrogens with two attached hydrogens (primary N) is 1. The van der Waals surface area contributed by atoms with Crippen molar-refractivity contribution in [2.24, 2.45) is 11.7 Å². The summed E-state index contributed by atoms with van der Waals surface area (Å²) >= 11 is 5.18. The molecule has 0 aliphatic heterocycles. The van der Waals surface area contributed by atoms with Crippen LogP contribution in [0, 0.1) is 5.92 Å². The standard InChI is InChI=1S/C10H15BrN2S/c11-9-6-14-10(13-9)8-3-1-7(5-12)2-4-8/h6-8H,1-5,12H2. The Labute approximate surface area is 97.0 Å². The second-order valence-corrected chi connectivity index (χ2v) is 5.66. The molecule has 1 aromatic heterocycles. The zero-order valence-corrected chi connectivity index (χ0v) is 10.5. The lowest BCUT2D eigenvalue weighted by atomic mass is 9.82. The SMILES string of the molecule is NCC1CCC(c2nc(Br)cs2)CC1. The molecule has 1 aliphatic rings. The van der Waals surface area contributed by atoms with Gasteiger partial charge in [0.15, 0.2) is 0 Å². The number of aromatic nitrogens is 1. The van der Waals surface area contributed by atoms with Crippen LogP contribution in [0.3, 0.4) is 0 Å². The molecule has 0 spiro atoms. The van der Waals surface area contributed by atoms with Crippen molar-refractivity contribution in [1.29, 1.82) is 0 Å². The van der Waals surface area contributed by atoms with E-state index in [1.165, 1.54) is 30.7 Å². The van der Waals surface area contributed by atoms with Crippen LogP contribution in [0.15, 0.2) is 9.98 Å². The lowest BCUT2D eigenvalue weighted by molar-refractivity contribution is 0.332. The monoisotopic (exact) mass is 274 g/mol. The van der Waals surface area contributed by atoms with E-state index < -0.39 is 0 Å². The molecule has 2 nitrogen and oxygen atoms in total. The molecule has 1 fully saturated rings. The number of hydrogen-bond donors (Lipinski definition) is 1. The zero-order chi connectivity index (χ0) is 9.97. The van der Waals surface area contributed by atoms with Gasteiger partial charge in [0.1, 0.15) is 4.60 Å². The number of rotatable bonds is 2. The van der Waals surface area contributed by atoms with E-state index in [0.717, 1.165) is 17.1 Å². The molecule has 0 bridgehead atoms. The highest BCUT2D eigenvalue weighted by Crippen LogP contribution is 2.37. The summed E-state index contributed by atoms with van der Waals surface area (Å²) in [6.07, 6.45) is 5.08. The minimum atomic E-state index is 0.689. The Bertz CT molecular complexity index is 292. The highest BCUT2D eigenvalue weighted by Gasteiger charge is 2.23. The molecular weight excluding hydrogens is 260 g/mol. The minimum Gasteiger partial charge on any atom is -0.330 e. The molecule has 1 aliphatic carbocycles. The van der Waals surface area contributed by atoms with Gasteiger partial charge in [-0.1, -0.05) is 0 Å². The highest BCUT2D eigenvalue weighted by molar-refractivity contribution is 9.10. The topological polar surface area (TPSA) is 38.9 Å². The van der Waals surface area contributed by atoms with Gasteiger partial charge in [0.25, 0.3) is 0 Å². The second-order valence-electron chi connectivity index (χ2n) is 3.96. The maximum Gasteiger partial charge on any atom is 0.117 e. The predicted octanol–water partition coefficient (Wildman–Crippen LogP) is 3.14. The Kier molecular flexibility index (Phi) is 3.57. The van der Waals surface area contributed by atoms with Crippen molar-refractivity contribution in [3.05, 3.63) is 15.0 Å². The summed E-state index contributed by atoms with van der Waals surface area (Å²) in [7, 11) is 0. The van der Waals surface area contributed by atoms with Crippen molar-refractivity contribution in [1.82, 2.24) is 4.98 Å². The van der Waals surface area contributed by atoms with Crippen molar-refractivity contribution < 1.29 is 0 Å². The largest absolute Gasteiger partial charge is 0.330 e. The van der Waals surface area contributed by atoms with Crippen LogP contribution in [0.5, 0.6) is 0 Å². The van der Waals surface area contributed by atoms with Gasteiger partial charge in [0.05, 0.1) is 5.01 Å². The van der Waals surface area contributed by atoms with Crippen LogP contribution in [0.2, 0.25) is 0 Å². The molecule has 0 saturated heterocycles. The first kappa shape index (κ1) is 10.6. The van der Waals surface area contributed by atoms with Crippen molar-refractivity contribution in [3.8, 4) is 0 Å². The smallest absolute Gasteiger partial charge is 0.117 e. The zero-order valence-electron chi connectivity index (χ0n) is 8.08. The Morgan fingerprint density at radius 2 is 2.14 bits per heavy atom. The molecule has 1 saturated carbocycles. The van der Waals surface area contributed by atoms with Gasteiger partial charge in [-0.05, 0) is 54.1 Å². The molecule has 2 N–H and O–H groups in total. The Hall–Kier alpha value is 0.0700. The fourth-order valence-corrected chi connectivity index (χ4v) is 3.54. The van der Waals surface area contributed by atoms with Gasteiger partial charge >= 0.3 is 0 Å². The van der Waals surface area contributed by atoms with Crippen LogP contribution in [0.4, 0.5) is 0 Å². The maximum atomic E-state index is 5.67. The molecule has 2 rings (SSSR count). The summed E-state index contributed by atoms with van der Waals surface area (Å²) in [5.41, 5.74) is 5.67. The highest BCUT2D eigenvalue weighted by atomic mass is 79.9.